The number of para-hydroxylation sites is 2. The van der Waals surface area contributed by atoms with Gasteiger partial charge in [-0.1, -0.05) is 35.5 Å². The van der Waals surface area contributed by atoms with Crippen LogP contribution >= 0.6 is 23.4 Å². The monoisotopic (exact) mass is 482 g/mol. The molecule has 1 atom stereocenters. The highest BCUT2D eigenvalue weighted by molar-refractivity contribution is 8.14. The standard InChI is InChI=1S/C20H18ClF3N6OS/c1-28-18(27-29(2)19(28)30-11-25-15-5-3-4-6-16(15)30)32-10-17(31)26-14-8-7-12(9-13(14)21)20(22,23)24/h3-9,11,19H,10H2,1-2H3,(H,26,31). The minimum absolute atomic E-state index is 0.00572. The molecule has 1 aromatic heterocycles. The Bertz CT molecular complexity index is 1200. The van der Waals surface area contributed by atoms with Gasteiger partial charge in [0.05, 0.1) is 39.4 Å². The second-order valence-corrected chi connectivity index (χ2v) is 8.43. The summed E-state index contributed by atoms with van der Waals surface area (Å²) in [5.74, 6) is -0.405. The number of aromatic nitrogens is 2. The van der Waals surface area contributed by atoms with E-state index in [1.165, 1.54) is 11.8 Å². The summed E-state index contributed by atoms with van der Waals surface area (Å²) in [4.78, 5) is 18.7. The Kier molecular flexibility index (Phi) is 5.95. The Morgan fingerprint density at radius 2 is 1.97 bits per heavy atom. The third-order valence-corrected chi connectivity index (χ3v) is 6.21. The summed E-state index contributed by atoms with van der Waals surface area (Å²) in [5.41, 5.74) is 1.06. The molecule has 32 heavy (non-hydrogen) atoms. The fourth-order valence-corrected chi connectivity index (χ4v) is 4.42. The number of hydrogen-bond acceptors (Lipinski definition) is 6. The summed E-state index contributed by atoms with van der Waals surface area (Å²) in [7, 11) is 3.69. The van der Waals surface area contributed by atoms with E-state index in [1.54, 1.807) is 11.3 Å². The van der Waals surface area contributed by atoms with E-state index in [-0.39, 0.29) is 22.8 Å². The normalized spacial score (nSPS) is 16.6. The summed E-state index contributed by atoms with van der Waals surface area (Å²) in [6.07, 6.45) is -3.02. The highest BCUT2D eigenvalue weighted by atomic mass is 35.5. The van der Waals surface area contributed by atoms with Gasteiger partial charge in [-0.2, -0.15) is 13.2 Å². The van der Waals surface area contributed by atoms with Crippen LogP contribution in [0.4, 0.5) is 18.9 Å². The third kappa shape index (κ3) is 4.35. The van der Waals surface area contributed by atoms with Crippen molar-refractivity contribution in [2.24, 2.45) is 5.10 Å². The van der Waals surface area contributed by atoms with Gasteiger partial charge in [-0.3, -0.25) is 14.4 Å². The number of carbonyl (C=O) groups is 1. The summed E-state index contributed by atoms with van der Waals surface area (Å²) in [5, 5.41) is 9.25. The highest BCUT2D eigenvalue weighted by Gasteiger charge is 2.33. The SMILES string of the molecule is CN1N=C(SCC(=O)Nc2ccc(C(F)(F)F)cc2Cl)N(C)C1n1cnc2ccccc21. The van der Waals surface area contributed by atoms with Gasteiger partial charge in [0.25, 0.3) is 0 Å². The van der Waals surface area contributed by atoms with Crippen LogP contribution in [0.25, 0.3) is 11.0 Å². The molecule has 0 fully saturated rings. The van der Waals surface area contributed by atoms with Crippen LogP contribution in [-0.2, 0) is 11.0 Å². The molecule has 0 spiro atoms. The van der Waals surface area contributed by atoms with Gasteiger partial charge in [-0.25, -0.2) is 4.98 Å². The average molecular weight is 483 g/mol. The lowest BCUT2D eigenvalue weighted by Crippen LogP contribution is -2.34. The molecular formula is C20H18ClF3N6OS. The van der Waals surface area contributed by atoms with Crippen molar-refractivity contribution in [3.05, 3.63) is 59.4 Å². The van der Waals surface area contributed by atoms with E-state index in [4.69, 9.17) is 11.6 Å². The molecule has 0 radical (unpaired) electrons. The van der Waals surface area contributed by atoms with Crippen molar-refractivity contribution in [2.45, 2.75) is 12.5 Å². The van der Waals surface area contributed by atoms with E-state index in [1.807, 2.05) is 47.8 Å². The number of hydrazone groups is 1. The molecule has 1 unspecified atom stereocenters. The zero-order valence-electron chi connectivity index (χ0n) is 17.0. The first-order valence-corrected chi connectivity index (χ1v) is 10.8. The van der Waals surface area contributed by atoms with Crippen LogP contribution in [0.1, 0.15) is 11.9 Å². The van der Waals surface area contributed by atoms with E-state index in [0.29, 0.717) is 5.17 Å². The first-order valence-electron chi connectivity index (χ1n) is 9.40. The fourth-order valence-electron chi connectivity index (χ4n) is 3.38. The number of hydrogen-bond donors (Lipinski definition) is 1. The lowest BCUT2D eigenvalue weighted by molar-refractivity contribution is -0.137. The van der Waals surface area contributed by atoms with Gasteiger partial charge in [-0.05, 0) is 30.3 Å². The van der Waals surface area contributed by atoms with Crippen LogP contribution < -0.4 is 5.32 Å². The highest BCUT2D eigenvalue weighted by Crippen LogP contribution is 2.34. The molecule has 2 heterocycles. The van der Waals surface area contributed by atoms with Crippen molar-refractivity contribution in [3.8, 4) is 0 Å². The molecule has 3 aromatic rings. The number of fused-ring (bicyclic) bond motifs is 1. The maximum absolute atomic E-state index is 12.8. The van der Waals surface area contributed by atoms with Crippen LogP contribution in [0.5, 0.6) is 0 Å². The molecule has 168 valence electrons. The van der Waals surface area contributed by atoms with Gasteiger partial charge >= 0.3 is 6.18 Å². The molecule has 1 aliphatic heterocycles. The zero-order chi connectivity index (χ0) is 23.0. The van der Waals surface area contributed by atoms with E-state index in [0.717, 1.165) is 29.2 Å². The number of nitrogens with one attached hydrogen (secondary N) is 1. The summed E-state index contributed by atoms with van der Waals surface area (Å²) < 4.78 is 40.3. The van der Waals surface area contributed by atoms with Crippen LogP contribution in [0.2, 0.25) is 5.02 Å². The molecule has 1 aliphatic rings. The Morgan fingerprint density at radius 1 is 1.22 bits per heavy atom. The van der Waals surface area contributed by atoms with Crippen molar-refractivity contribution in [1.29, 1.82) is 0 Å². The van der Waals surface area contributed by atoms with E-state index in [2.05, 4.69) is 15.4 Å². The van der Waals surface area contributed by atoms with Crippen molar-refractivity contribution in [3.63, 3.8) is 0 Å². The molecule has 1 N–H and O–H groups in total. The molecule has 4 rings (SSSR count). The van der Waals surface area contributed by atoms with Crippen LogP contribution in [-0.4, -0.2) is 50.4 Å². The quantitative estimate of drug-likeness (QED) is 0.584. The van der Waals surface area contributed by atoms with Gasteiger partial charge in [0, 0.05) is 14.1 Å². The lowest BCUT2D eigenvalue weighted by atomic mass is 10.2. The smallest absolute Gasteiger partial charge is 0.324 e. The Morgan fingerprint density at radius 3 is 2.69 bits per heavy atom. The van der Waals surface area contributed by atoms with Crippen LogP contribution in [0.15, 0.2) is 53.9 Å². The number of amidine groups is 1. The fraction of sp³-hybridized carbons (Fsp3) is 0.250. The molecule has 1 amide bonds. The number of rotatable bonds is 4. The van der Waals surface area contributed by atoms with Gasteiger partial charge in [0.1, 0.15) is 0 Å². The van der Waals surface area contributed by atoms with Gasteiger partial charge in [0.15, 0.2) is 5.17 Å². The zero-order valence-corrected chi connectivity index (χ0v) is 18.5. The van der Waals surface area contributed by atoms with Crippen LogP contribution in [0.3, 0.4) is 0 Å². The van der Waals surface area contributed by atoms with Gasteiger partial charge in [0.2, 0.25) is 12.2 Å². The molecule has 12 heteroatoms. The number of nitrogens with zero attached hydrogens (tertiary/aromatic N) is 5. The summed E-state index contributed by atoms with van der Waals surface area (Å²) in [6.45, 7) is 0. The van der Waals surface area contributed by atoms with Crippen molar-refractivity contribution >= 4 is 51.2 Å². The van der Waals surface area contributed by atoms with Gasteiger partial charge in [-0.15, -0.1) is 5.10 Å². The third-order valence-electron chi connectivity index (χ3n) is 4.86. The molecular weight excluding hydrogens is 465 g/mol. The number of benzene rings is 2. The summed E-state index contributed by atoms with van der Waals surface area (Å²) >= 11 is 7.11. The number of thioether (sulfide) groups is 1. The number of amides is 1. The number of carbonyl (C=O) groups excluding carboxylic acids is 1. The Hall–Kier alpha value is -2.92. The first-order chi connectivity index (χ1) is 15.1. The predicted octanol–water partition coefficient (Wildman–Crippen LogP) is 4.68. The van der Waals surface area contributed by atoms with Crippen molar-refractivity contribution < 1.29 is 18.0 Å². The average Bonchev–Trinajstić information content (AvgIpc) is 3.27. The number of imidazole rings is 1. The predicted molar refractivity (Wildman–Crippen MR) is 119 cm³/mol. The van der Waals surface area contributed by atoms with E-state index in [9.17, 15) is 18.0 Å². The van der Waals surface area contributed by atoms with E-state index >= 15 is 0 Å². The molecule has 0 saturated carbocycles. The minimum Gasteiger partial charge on any atom is -0.324 e. The lowest BCUT2D eigenvalue weighted by Gasteiger charge is -2.27. The maximum Gasteiger partial charge on any atom is 0.416 e. The number of anilines is 1. The van der Waals surface area contributed by atoms with Crippen molar-refractivity contribution in [1.82, 2.24) is 19.5 Å². The van der Waals surface area contributed by atoms with Gasteiger partial charge < -0.3 is 10.2 Å². The molecule has 0 saturated heterocycles. The largest absolute Gasteiger partial charge is 0.416 e. The Labute approximate surface area is 190 Å². The second kappa shape index (κ2) is 8.55. The van der Waals surface area contributed by atoms with Crippen molar-refractivity contribution in [2.75, 3.05) is 25.2 Å². The molecule has 0 aliphatic carbocycles. The second-order valence-electron chi connectivity index (χ2n) is 7.08. The molecule has 2 aromatic carbocycles. The maximum atomic E-state index is 12.8. The minimum atomic E-state index is -4.50. The van der Waals surface area contributed by atoms with E-state index < -0.39 is 17.6 Å². The first kappa shape index (κ1) is 22.3. The molecule has 7 nitrogen and oxygen atoms in total. The number of halogens is 4. The number of alkyl halides is 3. The summed E-state index contributed by atoms with van der Waals surface area (Å²) in [6, 6.07) is 10.5. The molecule has 0 bridgehead atoms. The van der Waals surface area contributed by atoms with Crippen LogP contribution in [0, 0.1) is 0 Å². The topological polar surface area (TPSA) is 65.8 Å². The Balaban J connectivity index is 1.40.